The topological polar surface area (TPSA) is 29.5 Å². The van der Waals surface area contributed by atoms with Gasteiger partial charge in [0.05, 0.1) is 12.2 Å². The highest BCUT2D eigenvalue weighted by molar-refractivity contribution is 9.11. The second-order valence-corrected chi connectivity index (χ2v) is 7.33. The maximum atomic E-state index is 10.0. The molecule has 0 aromatic rings. The van der Waals surface area contributed by atoms with E-state index >= 15 is 0 Å². The molecule has 2 nitrogen and oxygen atoms in total. The number of aliphatic hydroxyl groups excluding tert-OH is 1. The van der Waals surface area contributed by atoms with Crippen molar-refractivity contribution in [3.8, 4) is 0 Å². The molecule has 2 atom stereocenters. The van der Waals surface area contributed by atoms with Crippen molar-refractivity contribution >= 4 is 15.9 Å². The van der Waals surface area contributed by atoms with E-state index in [0.29, 0.717) is 12.0 Å². The van der Waals surface area contributed by atoms with Crippen LogP contribution in [-0.4, -0.2) is 24.4 Å². The van der Waals surface area contributed by atoms with Gasteiger partial charge < -0.3 is 9.84 Å². The van der Waals surface area contributed by atoms with E-state index in [1.807, 2.05) is 14.0 Å². The minimum atomic E-state index is -0.365. The Morgan fingerprint density at radius 1 is 1.20 bits per heavy atom. The summed E-state index contributed by atoms with van der Waals surface area (Å²) in [5.41, 5.74) is 2.62. The van der Waals surface area contributed by atoms with Crippen molar-refractivity contribution in [2.45, 2.75) is 64.6 Å². The van der Waals surface area contributed by atoms with Gasteiger partial charge in [-0.05, 0) is 73.4 Å². The van der Waals surface area contributed by atoms with E-state index in [9.17, 15) is 5.11 Å². The predicted octanol–water partition coefficient (Wildman–Crippen LogP) is 4.58. The summed E-state index contributed by atoms with van der Waals surface area (Å²) in [6.45, 7) is 4.23. The molecule has 1 fully saturated rings. The summed E-state index contributed by atoms with van der Waals surface area (Å²) >= 11 is 3.59. The molecule has 2 aliphatic rings. The Bertz CT molecular complexity index is 390. The Labute approximate surface area is 131 Å². The van der Waals surface area contributed by atoms with Crippen LogP contribution < -0.4 is 0 Å². The van der Waals surface area contributed by atoms with E-state index < -0.39 is 0 Å². The highest BCUT2D eigenvalue weighted by atomic mass is 79.9. The Balaban J connectivity index is 2.11. The monoisotopic (exact) mass is 342 g/mol. The van der Waals surface area contributed by atoms with Crippen LogP contribution in [0.5, 0.6) is 0 Å². The standard InChI is InChI=1S/C17H27BrO2/c1-11(13-4-7-15(20-3)8-5-13)16-9-6-14(18)10-17(16)12(2)19/h10-13,15,19H,4-9H2,1-3H3. The first kappa shape index (κ1) is 16.3. The van der Waals surface area contributed by atoms with Crippen LogP contribution in [0.2, 0.25) is 0 Å². The van der Waals surface area contributed by atoms with Gasteiger partial charge in [0.15, 0.2) is 0 Å². The highest BCUT2D eigenvalue weighted by Gasteiger charge is 2.29. The van der Waals surface area contributed by atoms with Crippen LogP contribution in [0, 0.1) is 11.8 Å². The lowest BCUT2D eigenvalue weighted by Gasteiger charge is -2.35. The number of halogens is 1. The average Bonchev–Trinajstić information content (AvgIpc) is 2.46. The lowest BCUT2D eigenvalue weighted by molar-refractivity contribution is 0.0503. The lowest BCUT2D eigenvalue weighted by atomic mass is 9.73. The number of hydrogen-bond acceptors (Lipinski definition) is 2. The smallest absolute Gasteiger partial charge is 0.0761 e. The SMILES string of the molecule is COC1CCC(C(C)C2=C(C(C)O)C=C(Br)CC2)CC1. The number of ether oxygens (including phenoxy) is 1. The van der Waals surface area contributed by atoms with Crippen molar-refractivity contribution in [1.29, 1.82) is 0 Å². The van der Waals surface area contributed by atoms with Crippen LogP contribution in [0.1, 0.15) is 52.4 Å². The molecule has 114 valence electrons. The van der Waals surface area contributed by atoms with E-state index in [2.05, 4.69) is 28.9 Å². The van der Waals surface area contributed by atoms with Crippen LogP contribution in [0.4, 0.5) is 0 Å². The Morgan fingerprint density at radius 3 is 2.40 bits per heavy atom. The molecule has 2 unspecified atom stereocenters. The third kappa shape index (κ3) is 3.75. The molecular formula is C17H27BrO2. The van der Waals surface area contributed by atoms with Gasteiger partial charge in [-0.2, -0.15) is 0 Å². The minimum absolute atomic E-state index is 0.365. The highest BCUT2D eigenvalue weighted by Crippen LogP contribution is 2.40. The van der Waals surface area contributed by atoms with Gasteiger partial charge in [0.25, 0.3) is 0 Å². The molecule has 1 N–H and O–H groups in total. The number of methoxy groups -OCH3 is 1. The van der Waals surface area contributed by atoms with Crippen molar-refractivity contribution in [2.24, 2.45) is 11.8 Å². The Morgan fingerprint density at radius 2 is 1.85 bits per heavy atom. The van der Waals surface area contributed by atoms with E-state index in [-0.39, 0.29) is 6.10 Å². The fraction of sp³-hybridized carbons (Fsp3) is 0.765. The second kappa shape index (κ2) is 7.24. The van der Waals surface area contributed by atoms with Crippen molar-refractivity contribution in [3.63, 3.8) is 0 Å². The molecule has 2 aliphatic carbocycles. The summed E-state index contributed by atoms with van der Waals surface area (Å²) in [5, 5.41) is 10.0. The van der Waals surface area contributed by atoms with Gasteiger partial charge >= 0.3 is 0 Å². The zero-order valence-electron chi connectivity index (χ0n) is 12.9. The summed E-state index contributed by atoms with van der Waals surface area (Å²) in [6, 6.07) is 0. The quantitative estimate of drug-likeness (QED) is 0.810. The molecule has 3 heteroatoms. The Kier molecular flexibility index (Phi) is 5.88. The number of hydrogen-bond donors (Lipinski definition) is 1. The van der Waals surface area contributed by atoms with Crippen LogP contribution >= 0.6 is 15.9 Å². The van der Waals surface area contributed by atoms with Crippen LogP contribution in [0.3, 0.4) is 0 Å². The van der Waals surface area contributed by atoms with Crippen molar-refractivity contribution in [2.75, 3.05) is 7.11 Å². The van der Waals surface area contributed by atoms with Crippen LogP contribution in [-0.2, 0) is 4.74 Å². The minimum Gasteiger partial charge on any atom is -0.389 e. The normalized spacial score (nSPS) is 30.9. The van der Waals surface area contributed by atoms with Crippen molar-refractivity contribution in [1.82, 2.24) is 0 Å². The first-order chi connectivity index (χ1) is 9.52. The Hall–Kier alpha value is -0.120. The first-order valence-electron chi connectivity index (χ1n) is 7.82. The molecule has 0 spiro atoms. The van der Waals surface area contributed by atoms with E-state index in [1.54, 1.807) is 0 Å². The molecule has 1 saturated carbocycles. The molecule has 20 heavy (non-hydrogen) atoms. The second-order valence-electron chi connectivity index (χ2n) is 6.31. The molecule has 0 aliphatic heterocycles. The lowest BCUT2D eigenvalue weighted by Crippen LogP contribution is -2.26. The maximum absolute atomic E-state index is 10.0. The molecule has 0 aromatic heterocycles. The molecule has 0 aromatic carbocycles. The van der Waals surface area contributed by atoms with Gasteiger partial charge in [0.2, 0.25) is 0 Å². The van der Waals surface area contributed by atoms with Gasteiger partial charge in [0, 0.05) is 7.11 Å². The summed E-state index contributed by atoms with van der Waals surface area (Å²) in [7, 11) is 1.83. The maximum Gasteiger partial charge on any atom is 0.0761 e. The predicted molar refractivity (Wildman–Crippen MR) is 86.9 cm³/mol. The largest absolute Gasteiger partial charge is 0.389 e. The average molecular weight is 343 g/mol. The van der Waals surface area contributed by atoms with Gasteiger partial charge in [-0.1, -0.05) is 28.4 Å². The van der Waals surface area contributed by atoms with E-state index in [4.69, 9.17) is 4.74 Å². The summed E-state index contributed by atoms with van der Waals surface area (Å²) in [6.07, 6.45) is 9.26. The number of allylic oxidation sites excluding steroid dienone is 2. The summed E-state index contributed by atoms with van der Waals surface area (Å²) in [4.78, 5) is 0. The summed E-state index contributed by atoms with van der Waals surface area (Å²) < 4.78 is 6.69. The van der Waals surface area contributed by atoms with Crippen LogP contribution in [0.25, 0.3) is 0 Å². The molecule has 0 heterocycles. The van der Waals surface area contributed by atoms with Gasteiger partial charge in [-0.15, -0.1) is 0 Å². The van der Waals surface area contributed by atoms with E-state index in [1.165, 1.54) is 35.7 Å². The molecule has 0 radical (unpaired) electrons. The fourth-order valence-electron chi connectivity index (χ4n) is 3.72. The van der Waals surface area contributed by atoms with Crippen molar-refractivity contribution < 1.29 is 9.84 Å². The van der Waals surface area contributed by atoms with Crippen molar-refractivity contribution in [3.05, 3.63) is 21.7 Å². The third-order valence-corrected chi connectivity index (χ3v) is 5.70. The number of rotatable bonds is 4. The molecular weight excluding hydrogens is 316 g/mol. The fourth-order valence-corrected chi connectivity index (χ4v) is 4.17. The zero-order chi connectivity index (χ0) is 14.7. The first-order valence-corrected chi connectivity index (χ1v) is 8.62. The zero-order valence-corrected chi connectivity index (χ0v) is 14.4. The summed E-state index contributed by atoms with van der Waals surface area (Å²) in [5.74, 6) is 1.32. The van der Waals surface area contributed by atoms with E-state index in [0.717, 1.165) is 24.3 Å². The molecule has 0 saturated heterocycles. The number of aliphatic hydroxyl groups is 1. The molecule has 0 bridgehead atoms. The molecule has 0 amide bonds. The van der Waals surface area contributed by atoms with Gasteiger partial charge in [-0.3, -0.25) is 0 Å². The third-order valence-electron chi connectivity index (χ3n) is 5.08. The van der Waals surface area contributed by atoms with Crippen LogP contribution in [0.15, 0.2) is 21.7 Å². The van der Waals surface area contributed by atoms with Gasteiger partial charge in [0.1, 0.15) is 0 Å². The van der Waals surface area contributed by atoms with Gasteiger partial charge in [-0.25, -0.2) is 0 Å². The molecule has 2 rings (SSSR count).